The molecule has 0 atom stereocenters. The van der Waals surface area contributed by atoms with Crippen LogP contribution < -0.4 is 5.32 Å². The number of halogens is 2. The smallest absolute Gasteiger partial charge is 0.238 e. The third kappa shape index (κ3) is 3.41. The van der Waals surface area contributed by atoms with Crippen LogP contribution in [0.1, 0.15) is 12.8 Å². The fraction of sp³-hybridized carbons (Fsp3) is 0.417. The molecule has 1 fully saturated rings. The second-order valence-corrected chi connectivity index (χ2v) is 4.59. The Morgan fingerprint density at radius 2 is 2.12 bits per heavy atom. The molecule has 0 saturated carbocycles. The highest BCUT2D eigenvalue weighted by Crippen LogP contribution is 2.19. The normalized spacial score (nSPS) is 16.1. The number of nitrogens with one attached hydrogen (secondary N) is 1. The molecule has 1 heterocycles. The molecule has 92 valence electrons. The van der Waals surface area contributed by atoms with E-state index in [9.17, 15) is 9.18 Å². The Hall–Kier alpha value is -1.13. The number of carbonyl (C=O) groups excluding carboxylic acids is 1. The van der Waals surface area contributed by atoms with E-state index in [0.717, 1.165) is 25.9 Å². The van der Waals surface area contributed by atoms with Crippen molar-refractivity contribution in [2.45, 2.75) is 12.8 Å². The number of amides is 1. The predicted octanol–water partition coefficient (Wildman–Crippen LogP) is 2.51. The van der Waals surface area contributed by atoms with E-state index in [0.29, 0.717) is 11.6 Å². The van der Waals surface area contributed by atoms with Crippen LogP contribution in [0, 0.1) is 5.82 Å². The number of hydrogen-bond donors (Lipinski definition) is 1. The van der Waals surface area contributed by atoms with Gasteiger partial charge in [0, 0.05) is 5.02 Å². The van der Waals surface area contributed by atoms with Crippen LogP contribution in [0.15, 0.2) is 18.2 Å². The van der Waals surface area contributed by atoms with Crippen molar-refractivity contribution < 1.29 is 9.18 Å². The van der Waals surface area contributed by atoms with Crippen molar-refractivity contribution in [3.05, 3.63) is 29.0 Å². The van der Waals surface area contributed by atoms with Gasteiger partial charge in [0.25, 0.3) is 0 Å². The summed E-state index contributed by atoms with van der Waals surface area (Å²) in [5.41, 5.74) is 0.140. The van der Waals surface area contributed by atoms with E-state index in [4.69, 9.17) is 11.6 Å². The lowest BCUT2D eigenvalue weighted by molar-refractivity contribution is -0.117. The number of carbonyl (C=O) groups is 1. The van der Waals surface area contributed by atoms with Gasteiger partial charge in [-0.2, -0.15) is 0 Å². The number of nitrogens with zero attached hydrogens (tertiary/aromatic N) is 1. The summed E-state index contributed by atoms with van der Waals surface area (Å²) in [6, 6.07) is 4.11. The quantitative estimate of drug-likeness (QED) is 0.901. The Kier molecular flexibility index (Phi) is 3.97. The van der Waals surface area contributed by atoms with Gasteiger partial charge in [-0.1, -0.05) is 11.6 Å². The van der Waals surface area contributed by atoms with Gasteiger partial charge in [0.15, 0.2) is 0 Å². The van der Waals surface area contributed by atoms with Gasteiger partial charge >= 0.3 is 0 Å². The molecule has 0 unspecified atom stereocenters. The maximum atomic E-state index is 13.4. The van der Waals surface area contributed by atoms with Crippen LogP contribution in [0.2, 0.25) is 5.02 Å². The fourth-order valence-electron chi connectivity index (χ4n) is 1.93. The number of hydrogen-bond acceptors (Lipinski definition) is 2. The number of rotatable bonds is 3. The Bertz CT molecular complexity index is 419. The molecule has 17 heavy (non-hydrogen) atoms. The van der Waals surface area contributed by atoms with Crippen LogP contribution in [-0.2, 0) is 4.79 Å². The monoisotopic (exact) mass is 256 g/mol. The average Bonchev–Trinajstić information content (AvgIpc) is 2.76. The summed E-state index contributed by atoms with van der Waals surface area (Å²) in [6.45, 7) is 2.18. The third-order valence-electron chi connectivity index (χ3n) is 2.77. The zero-order chi connectivity index (χ0) is 12.3. The first-order chi connectivity index (χ1) is 8.15. The van der Waals surface area contributed by atoms with Crippen molar-refractivity contribution in [2.24, 2.45) is 0 Å². The summed E-state index contributed by atoms with van der Waals surface area (Å²) in [4.78, 5) is 13.7. The zero-order valence-electron chi connectivity index (χ0n) is 9.38. The first-order valence-electron chi connectivity index (χ1n) is 5.62. The number of likely N-dealkylation sites (tertiary alicyclic amines) is 1. The second kappa shape index (κ2) is 5.47. The molecule has 0 aliphatic carbocycles. The molecule has 0 spiro atoms. The van der Waals surface area contributed by atoms with Crippen molar-refractivity contribution >= 4 is 23.2 Å². The lowest BCUT2D eigenvalue weighted by atomic mass is 10.3. The van der Waals surface area contributed by atoms with Gasteiger partial charge in [0.2, 0.25) is 5.91 Å². The van der Waals surface area contributed by atoms with Gasteiger partial charge < -0.3 is 5.32 Å². The molecule has 2 rings (SSSR count). The summed E-state index contributed by atoms with van der Waals surface area (Å²) in [5.74, 6) is -0.669. The minimum Gasteiger partial charge on any atom is -0.322 e. The Morgan fingerprint density at radius 1 is 1.41 bits per heavy atom. The van der Waals surface area contributed by atoms with Gasteiger partial charge in [0.1, 0.15) is 5.82 Å². The molecular weight excluding hydrogens is 243 g/mol. The maximum Gasteiger partial charge on any atom is 0.238 e. The molecule has 1 saturated heterocycles. The Morgan fingerprint density at radius 3 is 2.82 bits per heavy atom. The van der Waals surface area contributed by atoms with E-state index in [-0.39, 0.29) is 11.6 Å². The van der Waals surface area contributed by atoms with Gasteiger partial charge in [-0.15, -0.1) is 0 Å². The van der Waals surface area contributed by atoms with E-state index in [1.807, 2.05) is 0 Å². The lowest BCUT2D eigenvalue weighted by Gasteiger charge is -2.14. The van der Waals surface area contributed by atoms with Crippen molar-refractivity contribution in [3.63, 3.8) is 0 Å². The maximum absolute atomic E-state index is 13.4. The van der Waals surface area contributed by atoms with Crippen LogP contribution >= 0.6 is 11.6 Å². The average molecular weight is 257 g/mol. The SMILES string of the molecule is O=C(CN1CCCC1)Nc1cc(Cl)ccc1F. The van der Waals surface area contributed by atoms with E-state index >= 15 is 0 Å². The first kappa shape index (κ1) is 12.3. The van der Waals surface area contributed by atoms with E-state index < -0.39 is 5.82 Å². The zero-order valence-corrected chi connectivity index (χ0v) is 10.1. The van der Waals surface area contributed by atoms with Gasteiger partial charge in [0.05, 0.1) is 12.2 Å². The van der Waals surface area contributed by atoms with Crippen molar-refractivity contribution in [1.29, 1.82) is 0 Å². The van der Waals surface area contributed by atoms with Gasteiger partial charge in [-0.25, -0.2) is 4.39 Å². The molecule has 0 radical (unpaired) electrons. The van der Waals surface area contributed by atoms with Crippen molar-refractivity contribution in [2.75, 3.05) is 25.0 Å². The van der Waals surface area contributed by atoms with E-state index in [2.05, 4.69) is 10.2 Å². The van der Waals surface area contributed by atoms with Crippen molar-refractivity contribution in [1.82, 2.24) is 4.90 Å². The molecule has 1 aliphatic rings. The van der Waals surface area contributed by atoms with Crippen LogP contribution in [0.3, 0.4) is 0 Å². The van der Waals surface area contributed by atoms with E-state index in [1.165, 1.54) is 18.2 Å². The largest absolute Gasteiger partial charge is 0.322 e. The summed E-state index contributed by atoms with van der Waals surface area (Å²) in [5, 5.41) is 2.94. The number of anilines is 1. The summed E-state index contributed by atoms with van der Waals surface area (Å²) >= 11 is 5.74. The van der Waals surface area contributed by atoms with Crippen LogP contribution in [0.25, 0.3) is 0 Å². The topological polar surface area (TPSA) is 32.3 Å². The molecule has 5 heteroatoms. The van der Waals surface area contributed by atoms with Crippen molar-refractivity contribution in [3.8, 4) is 0 Å². The minimum absolute atomic E-state index is 0.140. The highest BCUT2D eigenvalue weighted by atomic mass is 35.5. The Labute approximate surface area is 105 Å². The molecule has 1 aliphatic heterocycles. The molecule has 1 aromatic rings. The lowest BCUT2D eigenvalue weighted by Crippen LogP contribution is -2.31. The summed E-state index contributed by atoms with van der Waals surface area (Å²) in [6.07, 6.45) is 2.25. The summed E-state index contributed by atoms with van der Waals surface area (Å²) in [7, 11) is 0. The molecule has 0 bridgehead atoms. The molecule has 1 N–H and O–H groups in total. The first-order valence-corrected chi connectivity index (χ1v) is 6.00. The number of benzene rings is 1. The van der Waals surface area contributed by atoms with Crippen LogP contribution in [0.5, 0.6) is 0 Å². The molecular formula is C12H14ClFN2O. The highest BCUT2D eigenvalue weighted by Gasteiger charge is 2.16. The standard InChI is InChI=1S/C12H14ClFN2O/c13-9-3-4-10(14)11(7-9)15-12(17)8-16-5-1-2-6-16/h3-4,7H,1-2,5-6,8H2,(H,15,17). The summed E-state index contributed by atoms with van der Waals surface area (Å²) < 4.78 is 13.4. The van der Waals surface area contributed by atoms with Gasteiger partial charge in [-0.05, 0) is 44.1 Å². The molecule has 1 aromatic carbocycles. The molecule has 0 aromatic heterocycles. The van der Waals surface area contributed by atoms with E-state index in [1.54, 1.807) is 0 Å². The molecule has 1 amide bonds. The third-order valence-corrected chi connectivity index (χ3v) is 3.00. The minimum atomic E-state index is -0.468. The predicted molar refractivity (Wildman–Crippen MR) is 65.7 cm³/mol. The second-order valence-electron chi connectivity index (χ2n) is 4.16. The van der Waals surface area contributed by atoms with Crippen LogP contribution in [-0.4, -0.2) is 30.4 Å². The Balaban J connectivity index is 1.95. The molecule has 3 nitrogen and oxygen atoms in total. The van der Waals surface area contributed by atoms with Gasteiger partial charge in [-0.3, -0.25) is 9.69 Å². The van der Waals surface area contributed by atoms with Crippen LogP contribution in [0.4, 0.5) is 10.1 Å². The highest BCUT2D eigenvalue weighted by molar-refractivity contribution is 6.30. The fourth-order valence-corrected chi connectivity index (χ4v) is 2.10.